The number of carbonyl (C=O) groups excluding carboxylic acids is 1. The summed E-state index contributed by atoms with van der Waals surface area (Å²) in [5.74, 6) is -0.657. The van der Waals surface area contributed by atoms with E-state index in [-0.39, 0.29) is 12.2 Å². The number of nitrogens with one attached hydrogen (secondary N) is 1. The highest BCUT2D eigenvalue weighted by Gasteiger charge is 2.32. The highest BCUT2D eigenvalue weighted by Crippen LogP contribution is 2.33. The van der Waals surface area contributed by atoms with Crippen molar-refractivity contribution in [2.24, 2.45) is 0 Å². The van der Waals surface area contributed by atoms with Gasteiger partial charge >= 0.3 is 12.1 Å². The monoisotopic (exact) mass is 493 g/mol. The average molecular weight is 494 g/mol. The maximum absolute atomic E-state index is 12.2. The predicted octanol–water partition coefficient (Wildman–Crippen LogP) is 4.86. The molecular formula is C28H31NO7. The number of aliphatic hydroxyl groups is 1. The molecule has 0 aromatic heterocycles. The molecule has 8 heteroatoms. The van der Waals surface area contributed by atoms with E-state index in [1.54, 1.807) is 26.8 Å². The summed E-state index contributed by atoms with van der Waals surface area (Å²) in [6.07, 6.45) is -2.52. The third kappa shape index (κ3) is 8.02. The quantitative estimate of drug-likeness (QED) is 0.370. The number of hydrogen-bond donors (Lipinski definition) is 3. The number of carboxylic acids is 1. The van der Waals surface area contributed by atoms with Crippen molar-refractivity contribution in [3.05, 3.63) is 95.6 Å². The summed E-state index contributed by atoms with van der Waals surface area (Å²) in [5, 5.41) is 22.7. The molecule has 0 aliphatic heterocycles. The highest BCUT2D eigenvalue weighted by atomic mass is 16.6. The van der Waals surface area contributed by atoms with Crippen LogP contribution in [0.2, 0.25) is 0 Å². The van der Waals surface area contributed by atoms with Gasteiger partial charge in [0.15, 0.2) is 17.5 Å². The van der Waals surface area contributed by atoms with Gasteiger partial charge in [-0.15, -0.1) is 0 Å². The third-order valence-electron chi connectivity index (χ3n) is 5.04. The second kappa shape index (κ2) is 12.1. The fourth-order valence-electron chi connectivity index (χ4n) is 3.31. The number of carboxylic acid groups (broad SMARTS) is 1. The molecule has 3 aromatic rings. The van der Waals surface area contributed by atoms with Crippen molar-refractivity contribution in [3.8, 4) is 11.5 Å². The summed E-state index contributed by atoms with van der Waals surface area (Å²) >= 11 is 0. The summed E-state index contributed by atoms with van der Waals surface area (Å²) in [7, 11) is 0. The fraction of sp³-hybridized carbons (Fsp3) is 0.286. The van der Waals surface area contributed by atoms with Crippen molar-refractivity contribution >= 4 is 12.1 Å². The van der Waals surface area contributed by atoms with Crippen LogP contribution in [0.15, 0.2) is 78.9 Å². The van der Waals surface area contributed by atoms with Gasteiger partial charge in [0.25, 0.3) is 0 Å². The van der Waals surface area contributed by atoms with Crippen LogP contribution in [0.5, 0.6) is 11.5 Å². The maximum Gasteiger partial charge on any atom is 0.408 e. The molecule has 0 bridgehead atoms. The van der Waals surface area contributed by atoms with Gasteiger partial charge in [-0.25, -0.2) is 9.59 Å². The molecular weight excluding hydrogens is 462 g/mol. The molecule has 190 valence electrons. The number of aliphatic carboxylic acids is 1. The van der Waals surface area contributed by atoms with Gasteiger partial charge in [0, 0.05) is 0 Å². The Morgan fingerprint density at radius 1 is 0.833 bits per heavy atom. The molecule has 0 saturated heterocycles. The van der Waals surface area contributed by atoms with E-state index in [9.17, 15) is 19.8 Å². The topological polar surface area (TPSA) is 114 Å². The van der Waals surface area contributed by atoms with Crippen LogP contribution in [0.1, 0.15) is 43.6 Å². The van der Waals surface area contributed by atoms with E-state index in [4.69, 9.17) is 14.2 Å². The smallest absolute Gasteiger partial charge is 0.408 e. The predicted molar refractivity (Wildman–Crippen MR) is 134 cm³/mol. The van der Waals surface area contributed by atoms with Crippen LogP contribution in [0.3, 0.4) is 0 Å². The van der Waals surface area contributed by atoms with Gasteiger partial charge in [-0.2, -0.15) is 0 Å². The van der Waals surface area contributed by atoms with Crippen LogP contribution in [0.4, 0.5) is 4.79 Å². The number of alkyl carbamates (subject to hydrolysis) is 1. The lowest BCUT2D eigenvalue weighted by atomic mass is 10.0. The number of ether oxygens (including phenoxy) is 3. The molecule has 2 atom stereocenters. The summed E-state index contributed by atoms with van der Waals surface area (Å²) in [5.41, 5.74) is 1.29. The Morgan fingerprint density at radius 3 is 1.86 bits per heavy atom. The zero-order valence-electron chi connectivity index (χ0n) is 20.5. The largest absolute Gasteiger partial charge is 0.485 e. The Labute approximate surface area is 210 Å². The third-order valence-corrected chi connectivity index (χ3v) is 5.04. The number of carbonyl (C=O) groups is 2. The van der Waals surface area contributed by atoms with E-state index >= 15 is 0 Å². The Hall–Kier alpha value is -4.04. The zero-order valence-corrected chi connectivity index (χ0v) is 20.5. The molecule has 0 aliphatic rings. The van der Waals surface area contributed by atoms with Gasteiger partial charge in [-0.05, 0) is 49.6 Å². The average Bonchev–Trinajstić information content (AvgIpc) is 2.84. The van der Waals surface area contributed by atoms with Crippen molar-refractivity contribution in [2.45, 2.75) is 51.7 Å². The van der Waals surface area contributed by atoms with Crippen molar-refractivity contribution in [2.75, 3.05) is 0 Å². The molecule has 0 saturated carbocycles. The number of rotatable bonds is 10. The Bertz CT molecular complexity index is 1140. The first-order valence-electron chi connectivity index (χ1n) is 11.5. The molecule has 0 fully saturated rings. The molecule has 0 unspecified atom stereocenters. The minimum atomic E-state index is -1.64. The molecule has 0 radical (unpaired) electrons. The SMILES string of the molecule is CC(C)(C)OC(=O)N[C@H](C(=O)O)[C@H](O)c1ccc(OCc2ccccc2)c(OCc2ccccc2)c1. The first-order chi connectivity index (χ1) is 17.1. The van der Waals surface area contributed by atoms with Gasteiger partial charge < -0.3 is 29.7 Å². The lowest BCUT2D eigenvalue weighted by Crippen LogP contribution is -2.46. The number of benzene rings is 3. The van der Waals surface area contributed by atoms with Crippen LogP contribution < -0.4 is 14.8 Å². The molecule has 1 amide bonds. The number of aliphatic hydroxyl groups excluding tert-OH is 1. The molecule has 0 heterocycles. The molecule has 0 aliphatic carbocycles. The van der Waals surface area contributed by atoms with Crippen molar-refractivity contribution in [1.82, 2.24) is 5.32 Å². The zero-order chi connectivity index (χ0) is 26.1. The van der Waals surface area contributed by atoms with E-state index in [1.165, 1.54) is 12.1 Å². The summed E-state index contributed by atoms with van der Waals surface area (Å²) in [6, 6.07) is 22.1. The van der Waals surface area contributed by atoms with Crippen LogP contribution >= 0.6 is 0 Å². The molecule has 3 rings (SSSR count). The van der Waals surface area contributed by atoms with Crippen molar-refractivity contribution in [1.29, 1.82) is 0 Å². The highest BCUT2D eigenvalue weighted by molar-refractivity contribution is 5.81. The van der Waals surface area contributed by atoms with E-state index in [1.807, 2.05) is 60.7 Å². The van der Waals surface area contributed by atoms with Gasteiger partial charge in [0.05, 0.1) is 0 Å². The Morgan fingerprint density at radius 2 is 1.36 bits per heavy atom. The first-order valence-corrected chi connectivity index (χ1v) is 11.5. The van der Waals surface area contributed by atoms with Gasteiger partial charge in [-0.3, -0.25) is 0 Å². The lowest BCUT2D eigenvalue weighted by Gasteiger charge is -2.25. The van der Waals surface area contributed by atoms with Gasteiger partial charge in [0.1, 0.15) is 24.9 Å². The van der Waals surface area contributed by atoms with E-state index in [0.29, 0.717) is 18.1 Å². The normalized spacial score (nSPS) is 12.8. The second-order valence-electron chi connectivity index (χ2n) is 9.16. The molecule has 0 spiro atoms. The Balaban J connectivity index is 1.83. The minimum Gasteiger partial charge on any atom is -0.485 e. The fourth-order valence-corrected chi connectivity index (χ4v) is 3.31. The van der Waals surface area contributed by atoms with Crippen LogP contribution in [0.25, 0.3) is 0 Å². The van der Waals surface area contributed by atoms with E-state index < -0.39 is 29.8 Å². The second-order valence-corrected chi connectivity index (χ2v) is 9.16. The van der Waals surface area contributed by atoms with E-state index in [0.717, 1.165) is 11.1 Å². The molecule has 3 N–H and O–H groups in total. The number of amides is 1. The van der Waals surface area contributed by atoms with E-state index in [2.05, 4.69) is 5.32 Å². The van der Waals surface area contributed by atoms with Gasteiger partial charge in [-0.1, -0.05) is 66.7 Å². The Kier molecular flexibility index (Phi) is 8.91. The van der Waals surface area contributed by atoms with Crippen LogP contribution in [-0.2, 0) is 22.7 Å². The summed E-state index contributed by atoms with van der Waals surface area (Å²) in [4.78, 5) is 24.0. The summed E-state index contributed by atoms with van der Waals surface area (Å²) < 4.78 is 17.1. The minimum absolute atomic E-state index is 0.230. The molecule has 8 nitrogen and oxygen atoms in total. The lowest BCUT2D eigenvalue weighted by molar-refractivity contribution is -0.142. The van der Waals surface area contributed by atoms with Gasteiger partial charge in [0.2, 0.25) is 0 Å². The van der Waals surface area contributed by atoms with Crippen molar-refractivity contribution < 1.29 is 34.0 Å². The molecule has 36 heavy (non-hydrogen) atoms. The van der Waals surface area contributed by atoms with Crippen LogP contribution in [-0.4, -0.2) is 33.9 Å². The van der Waals surface area contributed by atoms with Crippen LogP contribution in [0, 0.1) is 0 Å². The maximum atomic E-state index is 12.2. The number of hydrogen-bond acceptors (Lipinski definition) is 6. The summed E-state index contributed by atoms with van der Waals surface area (Å²) in [6.45, 7) is 5.50. The molecule has 3 aromatic carbocycles. The van der Waals surface area contributed by atoms with Crippen molar-refractivity contribution in [3.63, 3.8) is 0 Å². The first kappa shape index (κ1) is 26.6. The standard InChI is InChI=1S/C28H31NO7/c1-28(2,3)36-27(33)29-24(26(31)32)25(30)21-14-15-22(34-17-19-10-6-4-7-11-19)23(16-21)35-18-20-12-8-5-9-13-20/h4-16,24-25,30H,17-18H2,1-3H3,(H,29,33)(H,31,32)/t24-,25+/m0/s1.